The Hall–Kier alpha value is -0.870. The first-order chi connectivity index (χ1) is 6.33. The van der Waals surface area contributed by atoms with Crippen molar-refractivity contribution in [1.82, 2.24) is 5.32 Å². The van der Waals surface area contributed by atoms with Crippen LogP contribution in [0.4, 0.5) is 0 Å². The van der Waals surface area contributed by atoms with E-state index in [2.05, 4.69) is 11.9 Å². The van der Waals surface area contributed by atoms with Crippen molar-refractivity contribution in [2.75, 3.05) is 19.9 Å². The lowest BCUT2D eigenvalue weighted by atomic mass is 10.2. The Balaban J connectivity index is 2.18. The van der Waals surface area contributed by atoms with Crippen LogP contribution in [0.25, 0.3) is 0 Å². The fourth-order valence-corrected chi connectivity index (χ4v) is 1.15. The van der Waals surface area contributed by atoms with E-state index in [1.165, 1.54) is 0 Å². The monoisotopic (exact) mass is 185 g/mol. The molecule has 0 aromatic heterocycles. The van der Waals surface area contributed by atoms with E-state index in [0.717, 1.165) is 25.5 Å². The molecule has 1 aliphatic heterocycles. The minimum absolute atomic E-state index is 0.0268. The highest BCUT2D eigenvalue weighted by molar-refractivity contribution is 5.81. The highest BCUT2D eigenvalue weighted by Gasteiger charge is 2.13. The Morgan fingerprint density at radius 1 is 1.77 bits per heavy atom. The number of carbonyl (C=O) groups excluding carboxylic acids is 1. The number of carbonyl (C=O) groups is 1. The molecule has 0 aliphatic carbocycles. The molecule has 1 fully saturated rings. The second kappa shape index (κ2) is 5.72. The summed E-state index contributed by atoms with van der Waals surface area (Å²) >= 11 is 0. The van der Waals surface area contributed by atoms with Gasteiger partial charge in [-0.1, -0.05) is 6.58 Å². The summed E-state index contributed by atoms with van der Waals surface area (Å²) in [7, 11) is 0. The van der Waals surface area contributed by atoms with Crippen LogP contribution in [0.15, 0.2) is 12.7 Å². The van der Waals surface area contributed by atoms with Crippen LogP contribution in [-0.2, 0) is 14.3 Å². The van der Waals surface area contributed by atoms with Gasteiger partial charge in [-0.05, 0) is 19.4 Å². The van der Waals surface area contributed by atoms with Gasteiger partial charge in [0.15, 0.2) is 0 Å². The minimum Gasteiger partial charge on any atom is -0.460 e. The van der Waals surface area contributed by atoms with Crippen LogP contribution in [0.1, 0.15) is 12.8 Å². The molecule has 0 bridgehead atoms. The Bertz CT molecular complexity index is 174. The molecule has 1 heterocycles. The topological polar surface area (TPSA) is 47.6 Å². The smallest absolute Gasteiger partial charge is 0.330 e. The lowest BCUT2D eigenvalue weighted by molar-refractivity contribution is -0.142. The molecule has 0 aromatic carbocycles. The van der Waals surface area contributed by atoms with Crippen molar-refractivity contribution in [2.45, 2.75) is 18.9 Å². The molecular formula is C9H15NO3. The maximum atomic E-state index is 10.7. The maximum Gasteiger partial charge on any atom is 0.330 e. The quantitative estimate of drug-likeness (QED) is 0.512. The third-order valence-electron chi connectivity index (χ3n) is 1.88. The van der Waals surface area contributed by atoms with E-state index >= 15 is 0 Å². The van der Waals surface area contributed by atoms with Crippen molar-refractivity contribution < 1.29 is 14.3 Å². The van der Waals surface area contributed by atoms with Crippen molar-refractivity contribution in [3.63, 3.8) is 0 Å². The molecule has 1 saturated heterocycles. The molecule has 1 aliphatic rings. The molecule has 0 saturated carbocycles. The SMILES string of the molecule is C=CC(=O)OCC1CCCNCO1. The lowest BCUT2D eigenvalue weighted by Gasteiger charge is -2.13. The number of ether oxygens (including phenoxy) is 2. The molecule has 1 rings (SSSR count). The Kier molecular flexibility index (Phi) is 4.49. The summed E-state index contributed by atoms with van der Waals surface area (Å²) < 4.78 is 10.3. The largest absolute Gasteiger partial charge is 0.460 e. The Morgan fingerprint density at radius 2 is 2.62 bits per heavy atom. The summed E-state index contributed by atoms with van der Waals surface area (Å²) in [5, 5.41) is 3.10. The number of hydrogen-bond donors (Lipinski definition) is 1. The van der Waals surface area contributed by atoms with E-state index in [9.17, 15) is 4.79 Å². The number of esters is 1. The minimum atomic E-state index is -0.388. The van der Waals surface area contributed by atoms with Crippen molar-refractivity contribution in [2.24, 2.45) is 0 Å². The van der Waals surface area contributed by atoms with Crippen molar-refractivity contribution in [3.05, 3.63) is 12.7 Å². The first kappa shape index (κ1) is 10.2. The molecule has 4 heteroatoms. The first-order valence-electron chi connectivity index (χ1n) is 4.44. The summed E-state index contributed by atoms with van der Waals surface area (Å²) in [6.07, 6.45) is 3.17. The second-order valence-electron chi connectivity index (χ2n) is 2.91. The summed E-state index contributed by atoms with van der Waals surface area (Å²) in [5.74, 6) is -0.388. The number of nitrogens with one attached hydrogen (secondary N) is 1. The Labute approximate surface area is 77.9 Å². The fourth-order valence-electron chi connectivity index (χ4n) is 1.15. The fraction of sp³-hybridized carbons (Fsp3) is 0.667. The molecule has 0 spiro atoms. The first-order valence-corrected chi connectivity index (χ1v) is 4.44. The van der Waals surface area contributed by atoms with Gasteiger partial charge in [0.2, 0.25) is 0 Å². The van der Waals surface area contributed by atoms with Gasteiger partial charge in [0.05, 0.1) is 12.8 Å². The van der Waals surface area contributed by atoms with E-state index < -0.39 is 0 Å². The van der Waals surface area contributed by atoms with Crippen molar-refractivity contribution in [1.29, 1.82) is 0 Å². The zero-order valence-electron chi connectivity index (χ0n) is 7.62. The van der Waals surface area contributed by atoms with Gasteiger partial charge in [-0.25, -0.2) is 4.79 Å². The normalized spacial score (nSPS) is 23.2. The molecule has 0 amide bonds. The summed E-state index contributed by atoms with van der Waals surface area (Å²) in [6, 6.07) is 0. The van der Waals surface area contributed by atoms with E-state index in [-0.39, 0.29) is 12.1 Å². The van der Waals surface area contributed by atoms with Gasteiger partial charge in [-0.15, -0.1) is 0 Å². The van der Waals surface area contributed by atoms with Gasteiger partial charge >= 0.3 is 5.97 Å². The number of hydrogen-bond acceptors (Lipinski definition) is 4. The van der Waals surface area contributed by atoms with E-state index in [1.54, 1.807) is 0 Å². The molecule has 13 heavy (non-hydrogen) atoms. The predicted molar refractivity (Wildman–Crippen MR) is 48.1 cm³/mol. The lowest BCUT2D eigenvalue weighted by Crippen LogP contribution is -2.23. The van der Waals surface area contributed by atoms with Crippen LogP contribution in [0, 0.1) is 0 Å². The standard InChI is InChI=1S/C9H15NO3/c1-2-9(11)12-6-8-4-3-5-10-7-13-8/h2,8,10H,1,3-7H2. The second-order valence-corrected chi connectivity index (χ2v) is 2.91. The van der Waals surface area contributed by atoms with Gasteiger partial charge in [-0.2, -0.15) is 0 Å². The van der Waals surface area contributed by atoms with Gasteiger partial charge in [-0.3, -0.25) is 5.32 Å². The maximum absolute atomic E-state index is 10.7. The Morgan fingerprint density at radius 3 is 3.38 bits per heavy atom. The summed E-state index contributed by atoms with van der Waals surface area (Å²) in [6.45, 7) is 5.14. The van der Waals surface area contributed by atoms with Crippen LogP contribution in [0.3, 0.4) is 0 Å². The molecule has 1 atom stereocenters. The van der Waals surface area contributed by atoms with Gasteiger partial charge < -0.3 is 9.47 Å². The zero-order valence-corrected chi connectivity index (χ0v) is 7.62. The molecule has 0 aromatic rings. The third kappa shape index (κ3) is 4.05. The summed E-state index contributed by atoms with van der Waals surface area (Å²) in [5.41, 5.74) is 0. The van der Waals surface area contributed by atoms with E-state index in [1.807, 2.05) is 0 Å². The highest BCUT2D eigenvalue weighted by Crippen LogP contribution is 2.05. The van der Waals surface area contributed by atoms with E-state index in [0.29, 0.717) is 13.3 Å². The average molecular weight is 185 g/mol. The molecule has 0 radical (unpaired) electrons. The molecular weight excluding hydrogens is 170 g/mol. The molecule has 74 valence electrons. The van der Waals surface area contributed by atoms with Crippen LogP contribution >= 0.6 is 0 Å². The van der Waals surface area contributed by atoms with Crippen LogP contribution in [0.2, 0.25) is 0 Å². The van der Waals surface area contributed by atoms with Crippen molar-refractivity contribution >= 4 is 5.97 Å². The molecule has 1 unspecified atom stereocenters. The van der Waals surface area contributed by atoms with Gasteiger partial charge in [0, 0.05) is 6.08 Å². The zero-order chi connectivity index (χ0) is 9.52. The molecule has 4 nitrogen and oxygen atoms in total. The van der Waals surface area contributed by atoms with Gasteiger partial charge in [0.25, 0.3) is 0 Å². The van der Waals surface area contributed by atoms with Crippen LogP contribution in [-0.4, -0.2) is 32.0 Å². The highest BCUT2D eigenvalue weighted by atomic mass is 16.6. The number of rotatable bonds is 3. The summed E-state index contributed by atoms with van der Waals surface area (Å²) in [4.78, 5) is 10.7. The van der Waals surface area contributed by atoms with E-state index in [4.69, 9.17) is 9.47 Å². The van der Waals surface area contributed by atoms with Gasteiger partial charge in [0.1, 0.15) is 6.61 Å². The van der Waals surface area contributed by atoms with Crippen LogP contribution in [0.5, 0.6) is 0 Å². The predicted octanol–water partition coefficient (Wildman–Crippen LogP) is 0.442. The average Bonchev–Trinajstić information content (AvgIpc) is 2.42. The molecule has 1 N–H and O–H groups in total. The van der Waals surface area contributed by atoms with Crippen molar-refractivity contribution in [3.8, 4) is 0 Å². The third-order valence-corrected chi connectivity index (χ3v) is 1.88. The van der Waals surface area contributed by atoms with Crippen LogP contribution < -0.4 is 5.32 Å².